The van der Waals surface area contributed by atoms with E-state index in [1.165, 1.54) is 0 Å². The van der Waals surface area contributed by atoms with Gasteiger partial charge in [0.1, 0.15) is 0 Å². The lowest BCUT2D eigenvalue weighted by Gasteiger charge is -2.24. The van der Waals surface area contributed by atoms with Gasteiger partial charge in [0, 0.05) is 18.7 Å². The molecule has 0 aromatic carbocycles. The summed E-state index contributed by atoms with van der Waals surface area (Å²) in [4.78, 5) is 0. The average molecular weight is 116 g/mol. The summed E-state index contributed by atoms with van der Waals surface area (Å²) < 4.78 is 5.05. The maximum Gasteiger partial charge on any atom is 0.0632 e. The van der Waals surface area contributed by atoms with Gasteiger partial charge in [-0.2, -0.15) is 0 Å². The molecular weight excluding hydrogens is 104 g/mol. The van der Waals surface area contributed by atoms with Crippen LogP contribution in [0.25, 0.3) is 0 Å². The zero-order valence-corrected chi connectivity index (χ0v) is 4.84. The summed E-state index contributed by atoms with van der Waals surface area (Å²) in [5, 5.41) is 0. The van der Waals surface area contributed by atoms with Gasteiger partial charge in [0.2, 0.25) is 0 Å². The zero-order valence-electron chi connectivity index (χ0n) is 4.84. The van der Waals surface area contributed by atoms with E-state index in [1.807, 2.05) is 0 Å². The first-order valence-corrected chi connectivity index (χ1v) is 2.89. The van der Waals surface area contributed by atoms with E-state index < -0.39 is 0 Å². The smallest absolute Gasteiger partial charge is 0.0632 e. The second kappa shape index (κ2) is 2.44. The van der Waals surface area contributed by atoms with Gasteiger partial charge in [0.05, 0.1) is 6.61 Å². The molecule has 0 unspecified atom stereocenters. The Bertz CT molecular complexity index is 66.8. The van der Waals surface area contributed by atoms with Crippen LogP contribution >= 0.6 is 0 Å². The van der Waals surface area contributed by atoms with Crippen LogP contribution in [0.5, 0.6) is 0 Å². The standard InChI is InChI=1S/C5H12N2O/c6-4-1-2-8-3-5(4)7/h4-5H,1-3,6-7H2/t4-,5+/m0/s1. The minimum atomic E-state index is 0.0590. The fourth-order valence-corrected chi connectivity index (χ4v) is 0.777. The van der Waals surface area contributed by atoms with Gasteiger partial charge in [0.15, 0.2) is 0 Å². The van der Waals surface area contributed by atoms with Gasteiger partial charge in [-0.25, -0.2) is 0 Å². The highest BCUT2D eigenvalue weighted by Gasteiger charge is 2.17. The summed E-state index contributed by atoms with van der Waals surface area (Å²) in [5.74, 6) is 0. The van der Waals surface area contributed by atoms with Crippen molar-refractivity contribution in [3.63, 3.8) is 0 Å². The van der Waals surface area contributed by atoms with Gasteiger partial charge in [0.25, 0.3) is 0 Å². The van der Waals surface area contributed by atoms with E-state index in [1.54, 1.807) is 0 Å². The Balaban J connectivity index is 2.28. The normalized spacial score (nSPS) is 39.8. The lowest BCUT2D eigenvalue weighted by molar-refractivity contribution is 0.0711. The van der Waals surface area contributed by atoms with E-state index in [0.717, 1.165) is 13.0 Å². The van der Waals surface area contributed by atoms with E-state index in [-0.39, 0.29) is 12.1 Å². The molecule has 1 fully saturated rings. The number of hydrogen-bond acceptors (Lipinski definition) is 3. The lowest BCUT2D eigenvalue weighted by atomic mass is 10.1. The average Bonchev–Trinajstić information content (AvgIpc) is 1.77. The molecule has 0 radical (unpaired) electrons. The quantitative estimate of drug-likeness (QED) is 0.429. The van der Waals surface area contributed by atoms with E-state index >= 15 is 0 Å². The first-order chi connectivity index (χ1) is 3.80. The van der Waals surface area contributed by atoms with E-state index in [9.17, 15) is 0 Å². The molecule has 0 saturated carbocycles. The Kier molecular flexibility index (Phi) is 1.83. The Morgan fingerprint density at radius 2 is 2.00 bits per heavy atom. The van der Waals surface area contributed by atoms with Crippen LogP contribution in [-0.4, -0.2) is 25.3 Å². The van der Waals surface area contributed by atoms with Crippen molar-refractivity contribution in [2.45, 2.75) is 18.5 Å². The Morgan fingerprint density at radius 1 is 1.25 bits per heavy atom. The van der Waals surface area contributed by atoms with Gasteiger partial charge < -0.3 is 16.2 Å². The van der Waals surface area contributed by atoms with Crippen LogP contribution in [0.4, 0.5) is 0 Å². The number of nitrogens with two attached hydrogens (primary N) is 2. The van der Waals surface area contributed by atoms with Gasteiger partial charge in [-0.3, -0.25) is 0 Å². The molecule has 2 atom stereocenters. The minimum absolute atomic E-state index is 0.0590. The molecule has 4 N–H and O–H groups in total. The molecule has 0 aromatic rings. The van der Waals surface area contributed by atoms with Gasteiger partial charge in [-0.15, -0.1) is 0 Å². The summed E-state index contributed by atoms with van der Waals surface area (Å²) in [6, 6.07) is 0.215. The monoisotopic (exact) mass is 116 g/mol. The summed E-state index contributed by atoms with van der Waals surface area (Å²) in [5.41, 5.74) is 11.1. The highest BCUT2D eigenvalue weighted by atomic mass is 16.5. The van der Waals surface area contributed by atoms with Gasteiger partial charge in [-0.1, -0.05) is 0 Å². The maximum atomic E-state index is 5.57. The molecule has 0 spiro atoms. The van der Waals surface area contributed by atoms with Crippen LogP contribution in [0.15, 0.2) is 0 Å². The van der Waals surface area contributed by atoms with Crippen LogP contribution in [0, 0.1) is 0 Å². The second-order valence-corrected chi connectivity index (χ2v) is 2.19. The third-order valence-corrected chi connectivity index (χ3v) is 1.46. The molecule has 3 heteroatoms. The van der Waals surface area contributed by atoms with Crippen LogP contribution in [0.1, 0.15) is 6.42 Å². The van der Waals surface area contributed by atoms with Crippen LogP contribution in [0.3, 0.4) is 0 Å². The predicted molar refractivity (Wildman–Crippen MR) is 31.4 cm³/mol. The van der Waals surface area contributed by atoms with E-state index in [0.29, 0.717) is 6.61 Å². The van der Waals surface area contributed by atoms with Crippen molar-refractivity contribution in [1.29, 1.82) is 0 Å². The molecule has 1 rings (SSSR count). The first-order valence-electron chi connectivity index (χ1n) is 2.89. The Hall–Kier alpha value is -0.120. The Morgan fingerprint density at radius 3 is 2.38 bits per heavy atom. The largest absolute Gasteiger partial charge is 0.380 e. The number of rotatable bonds is 0. The van der Waals surface area contributed by atoms with Crippen LogP contribution < -0.4 is 11.5 Å². The molecule has 1 aliphatic heterocycles. The van der Waals surface area contributed by atoms with Crippen molar-refractivity contribution >= 4 is 0 Å². The lowest BCUT2D eigenvalue weighted by Crippen LogP contribution is -2.48. The topological polar surface area (TPSA) is 61.3 Å². The molecule has 48 valence electrons. The SMILES string of the molecule is N[C@@H]1COCC[C@@H]1N. The van der Waals surface area contributed by atoms with Crippen molar-refractivity contribution in [2.24, 2.45) is 11.5 Å². The van der Waals surface area contributed by atoms with E-state index in [2.05, 4.69) is 0 Å². The van der Waals surface area contributed by atoms with Gasteiger partial charge in [-0.05, 0) is 6.42 Å². The van der Waals surface area contributed by atoms with Crippen molar-refractivity contribution in [2.75, 3.05) is 13.2 Å². The van der Waals surface area contributed by atoms with Gasteiger partial charge >= 0.3 is 0 Å². The minimum Gasteiger partial charge on any atom is -0.380 e. The molecule has 0 bridgehead atoms. The fraction of sp³-hybridized carbons (Fsp3) is 1.00. The summed E-state index contributed by atoms with van der Waals surface area (Å²) >= 11 is 0. The van der Waals surface area contributed by atoms with Crippen molar-refractivity contribution in [3.8, 4) is 0 Å². The summed E-state index contributed by atoms with van der Waals surface area (Å²) in [6.45, 7) is 1.40. The summed E-state index contributed by atoms with van der Waals surface area (Å²) in [6.07, 6.45) is 0.904. The third-order valence-electron chi connectivity index (χ3n) is 1.46. The van der Waals surface area contributed by atoms with Crippen molar-refractivity contribution < 1.29 is 4.74 Å². The zero-order chi connectivity index (χ0) is 5.98. The highest BCUT2D eigenvalue weighted by molar-refractivity contribution is 4.78. The fourth-order valence-electron chi connectivity index (χ4n) is 0.777. The molecule has 1 heterocycles. The molecular formula is C5H12N2O. The highest BCUT2D eigenvalue weighted by Crippen LogP contribution is 2.01. The predicted octanol–water partition coefficient (Wildman–Crippen LogP) is -0.939. The van der Waals surface area contributed by atoms with E-state index in [4.69, 9.17) is 16.2 Å². The van der Waals surface area contributed by atoms with Crippen molar-refractivity contribution in [1.82, 2.24) is 0 Å². The molecule has 0 aliphatic carbocycles. The number of ether oxygens (including phenoxy) is 1. The molecule has 0 aromatic heterocycles. The van der Waals surface area contributed by atoms with Crippen LogP contribution in [-0.2, 0) is 4.74 Å². The maximum absolute atomic E-state index is 5.57. The molecule has 0 amide bonds. The molecule has 3 nitrogen and oxygen atoms in total. The van der Waals surface area contributed by atoms with Crippen molar-refractivity contribution in [3.05, 3.63) is 0 Å². The van der Waals surface area contributed by atoms with Crippen LogP contribution in [0.2, 0.25) is 0 Å². The molecule has 1 saturated heterocycles. The third kappa shape index (κ3) is 1.18. The molecule has 8 heavy (non-hydrogen) atoms. The number of hydrogen-bond donors (Lipinski definition) is 2. The first kappa shape index (κ1) is 6.01. The molecule has 1 aliphatic rings. The second-order valence-electron chi connectivity index (χ2n) is 2.19. The summed E-state index contributed by atoms with van der Waals surface area (Å²) in [7, 11) is 0. The Labute approximate surface area is 49.0 Å².